The summed E-state index contributed by atoms with van der Waals surface area (Å²) in [5, 5.41) is 2.99. The van der Waals surface area contributed by atoms with Gasteiger partial charge in [0, 0.05) is 32.0 Å². The summed E-state index contributed by atoms with van der Waals surface area (Å²) < 4.78 is 5.66. The third-order valence-corrected chi connectivity index (χ3v) is 6.05. The van der Waals surface area contributed by atoms with E-state index < -0.39 is 6.10 Å². The maximum absolute atomic E-state index is 12.8. The number of amides is 3. The van der Waals surface area contributed by atoms with Crippen molar-refractivity contribution in [1.82, 2.24) is 0 Å². The van der Waals surface area contributed by atoms with Crippen LogP contribution in [0.15, 0.2) is 48.5 Å². The Morgan fingerprint density at radius 3 is 2.44 bits per heavy atom. The average Bonchev–Trinajstić information content (AvgIpc) is 2.80. The molecule has 0 unspecified atom stereocenters. The predicted octanol–water partition coefficient (Wildman–Crippen LogP) is 2.53. The van der Waals surface area contributed by atoms with Crippen molar-refractivity contribution in [2.24, 2.45) is 11.7 Å². The van der Waals surface area contributed by atoms with E-state index in [4.69, 9.17) is 10.5 Å². The minimum absolute atomic E-state index is 0.0932. The number of primary amides is 1. The fourth-order valence-corrected chi connectivity index (χ4v) is 4.28. The Labute approximate surface area is 187 Å². The number of carbonyl (C=O) groups excluding carboxylic acids is 3. The van der Waals surface area contributed by atoms with E-state index in [1.54, 1.807) is 11.8 Å². The van der Waals surface area contributed by atoms with E-state index in [2.05, 4.69) is 10.2 Å². The van der Waals surface area contributed by atoms with Crippen molar-refractivity contribution in [2.75, 3.05) is 34.8 Å². The summed E-state index contributed by atoms with van der Waals surface area (Å²) in [5.74, 6) is -0.0306. The van der Waals surface area contributed by atoms with Crippen LogP contribution in [0.5, 0.6) is 5.75 Å². The largest absolute Gasteiger partial charge is 0.479 e. The van der Waals surface area contributed by atoms with Crippen LogP contribution in [-0.2, 0) is 14.4 Å². The van der Waals surface area contributed by atoms with Gasteiger partial charge >= 0.3 is 0 Å². The van der Waals surface area contributed by atoms with Gasteiger partial charge in [-0.2, -0.15) is 0 Å². The smallest absolute Gasteiger partial charge is 0.267 e. The van der Waals surface area contributed by atoms with E-state index in [1.807, 2.05) is 48.5 Å². The lowest BCUT2D eigenvalue weighted by Crippen LogP contribution is -2.45. The normalized spacial score (nSPS) is 18.7. The molecule has 3 amide bonds. The fraction of sp³-hybridized carbons (Fsp3) is 0.375. The van der Waals surface area contributed by atoms with Gasteiger partial charge < -0.3 is 25.6 Å². The Balaban J connectivity index is 1.40. The molecular weight excluding hydrogens is 408 g/mol. The van der Waals surface area contributed by atoms with Crippen LogP contribution >= 0.6 is 0 Å². The van der Waals surface area contributed by atoms with E-state index in [0.29, 0.717) is 37.4 Å². The topological polar surface area (TPSA) is 105 Å². The fourth-order valence-electron chi connectivity index (χ4n) is 4.28. The molecule has 3 N–H and O–H groups in total. The van der Waals surface area contributed by atoms with Crippen molar-refractivity contribution in [3.63, 3.8) is 0 Å². The number of hydrogen-bond donors (Lipinski definition) is 2. The summed E-state index contributed by atoms with van der Waals surface area (Å²) in [6.07, 6.45) is 0.977. The molecule has 2 aliphatic rings. The zero-order valence-corrected chi connectivity index (χ0v) is 18.1. The second-order valence-corrected chi connectivity index (χ2v) is 8.20. The SMILES string of the molecule is C[C@@H]1Oc2ccccc2N(CCC(=O)Nc2ccccc2N2CCC(C(N)=O)CC2)C1=O. The second-order valence-electron chi connectivity index (χ2n) is 8.20. The average molecular weight is 437 g/mol. The molecule has 0 spiro atoms. The summed E-state index contributed by atoms with van der Waals surface area (Å²) in [4.78, 5) is 40.6. The molecule has 2 aliphatic heterocycles. The molecule has 2 heterocycles. The van der Waals surface area contributed by atoms with Gasteiger partial charge in [0.05, 0.1) is 17.1 Å². The van der Waals surface area contributed by atoms with Gasteiger partial charge in [-0.25, -0.2) is 0 Å². The number of nitrogens with zero attached hydrogens (tertiary/aromatic N) is 2. The number of para-hydroxylation sites is 4. The quantitative estimate of drug-likeness (QED) is 0.724. The molecule has 8 nitrogen and oxygen atoms in total. The Morgan fingerprint density at radius 1 is 1.06 bits per heavy atom. The molecule has 2 aromatic carbocycles. The molecule has 0 aromatic heterocycles. The minimum Gasteiger partial charge on any atom is -0.479 e. The molecular formula is C24H28N4O4. The van der Waals surface area contributed by atoms with E-state index >= 15 is 0 Å². The van der Waals surface area contributed by atoms with Crippen molar-refractivity contribution >= 4 is 34.8 Å². The lowest BCUT2D eigenvalue weighted by atomic mass is 9.96. The number of nitrogens with two attached hydrogens (primary N) is 1. The van der Waals surface area contributed by atoms with Crippen LogP contribution in [0.25, 0.3) is 0 Å². The molecule has 0 radical (unpaired) electrons. The van der Waals surface area contributed by atoms with E-state index in [-0.39, 0.29) is 36.6 Å². The predicted molar refractivity (Wildman–Crippen MR) is 123 cm³/mol. The van der Waals surface area contributed by atoms with Crippen LogP contribution in [0.1, 0.15) is 26.2 Å². The van der Waals surface area contributed by atoms with Gasteiger partial charge in [0.15, 0.2) is 6.10 Å². The second kappa shape index (κ2) is 9.30. The molecule has 168 valence electrons. The van der Waals surface area contributed by atoms with Crippen LogP contribution in [0, 0.1) is 5.92 Å². The highest BCUT2D eigenvalue weighted by Gasteiger charge is 2.31. The Kier molecular flexibility index (Phi) is 6.30. The lowest BCUT2D eigenvalue weighted by molar-refractivity contribution is -0.125. The first kappa shape index (κ1) is 21.7. The molecule has 8 heteroatoms. The molecule has 1 saturated heterocycles. The molecule has 1 fully saturated rings. The Morgan fingerprint density at radius 2 is 1.72 bits per heavy atom. The molecule has 0 aliphatic carbocycles. The van der Waals surface area contributed by atoms with Crippen LogP contribution in [0.2, 0.25) is 0 Å². The first-order valence-corrected chi connectivity index (χ1v) is 10.9. The molecule has 0 saturated carbocycles. The number of hydrogen-bond acceptors (Lipinski definition) is 5. The highest BCUT2D eigenvalue weighted by molar-refractivity contribution is 6.01. The first-order valence-electron chi connectivity index (χ1n) is 10.9. The number of fused-ring (bicyclic) bond motifs is 1. The molecule has 32 heavy (non-hydrogen) atoms. The van der Waals surface area contributed by atoms with Crippen molar-refractivity contribution < 1.29 is 19.1 Å². The van der Waals surface area contributed by atoms with Crippen LogP contribution in [0.3, 0.4) is 0 Å². The number of anilines is 3. The van der Waals surface area contributed by atoms with Gasteiger partial charge in [-0.3, -0.25) is 14.4 Å². The zero-order valence-electron chi connectivity index (χ0n) is 18.1. The summed E-state index contributed by atoms with van der Waals surface area (Å²) >= 11 is 0. The molecule has 2 aromatic rings. The third kappa shape index (κ3) is 4.54. The van der Waals surface area contributed by atoms with Crippen LogP contribution in [-0.4, -0.2) is 43.5 Å². The highest BCUT2D eigenvalue weighted by atomic mass is 16.5. The van der Waals surface area contributed by atoms with E-state index in [9.17, 15) is 14.4 Å². The summed E-state index contributed by atoms with van der Waals surface area (Å²) in [6, 6.07) is 15.0. The number of nitrogens with one attached hydrogen (secondary N) is 1. The zero-order chi connectivity index (χ0) is 22.7. The number of rotatable bonds is 6. The number of carbonyl (C=O) groups is 3. The maximum atomic E-state index is 12.8. The molecule has 0 bridgehead atoms. The lowest BCUT2D eigenvalue weighted by Gasteiger charge is -2.34. The molecule has 1 atom stereocenters. The van der Waals surface area contributed by atoms with Gasteiger partial charge in [0.2, 0.25) is 11.8 Å². The van der Waals surface area contributed by atoms with Crippen LogP contribution in [0.4, 0.5) is 17.1 Å². The van der Waals surface area contributed by atoms with Gasteiger partial charge in [-0.05, 0) is 44.0 Å². The number of ether oxygens (including phenoxy) is 1. The van der Waals surface area contributed by atoms with Gasteiger partial charge in [-0.15, -0.1) is 0 Å². The van der Waals surface area contributed by atoms with Crippen molar-refractivity contribution in [2.45, 2.75) is 32.3 Å². The highest BCUT2D eigenvalue weighted by Crippen LogP contribution is 2.34. The Bertz CT molecular complexity index is 1020. The molecule has 4 rings (SSSR count). The van der Waals surface area contributed by atoms with E-state index in [1.165, 1.54) is 0 Å². The monoisotopic (exact) mass is 436 g/mol. The van der Waals surface area contributed by atoms with Crippen molar-refractivity contribution in [3.05, 3.63) is 48.5 Å². The van der Waals surface area contributed by atoms with Gasteiger partial charge in [0.1, 0.15) is 5.75 Å². The first-order chi connectivity index (χ1) is 15.4. The van der Waals surface area contributed by atoms with Crippen molar-refractivity contribution in [1.29, 1.82) is 0 Å². The maximum Gasteiger partial charge on any atom is 0.267 e. The minimum atomic E-state index is -0.586. The van der Waals surface area contributed by atoms with Crippen molar-refractivity contribution in [3.8, 4) is 5.75 Å². The number of benzene rings is 2. The van der Waals surface area contributed by atoms with E-state index in [0.717, 1.165) is 11.4 Å². The summed E-state index contributed by atoms with van der Waals surface area (Å²) in [7, 11) is 0. The van der Waals surface area contributed by atoms with Gasteiger partial charge in [0.25, 0.3) is 5.91 Å². The number of piperidine rings is 1. The van der Waals surface area contributed by atoms with Crippen LogP contribution < -0.4 is 25.6 Å². The summed E-state index contributed by atoms with van der Waals surface area (Å²) in [5.41, 5.74) is 7.76. The summed E-state index contributed by atoms with van der Waals surface area (Å²) in [6.45, 7) is 3.39. The van der Waals surface area contributed by atoms with Gasteiger partial charge in [-0.1, -0.05) is 24.3 Å². The Hall–Kier alpha value is -3.55. The standard InChI is InChI=1S/C24H28N4O4/c1-16-24(31)28(20-8-4-5-9-21(20)32-16)15-12-22(29)26-18-6-2-3-7-19(18)27-13-10-17(11-14-27)23(25)30/h2-9,16-17H,10-15H2,1H3,(H2,25,30)(H,26,29)/t16-/m0/s1. The third-order valence-electron chi connectivity index (χ3n) is 6.05.